The third kappa shape index (κ3) is 3.58. The van der Waals surface area contributed by atoms with Crippen molar-refractivity contribution in [1.82, 2.24) is 9.88 Å². The summed E-state index contributed by atoms with van der Waals surface area (Å²) in [5.41, 5.74) is 4.26. The van der Waals surface area contributed by atoms with Gasteiger partial charge in [-0.2, -0.15) is 0 Å². The van der Waals surface area contributed by atoms with Crippen molar-refractivity contribution in [2.45, 2.75) is 53.5 Å². The number of benzene rings is 1. The van der Waals surface area contributed by atoms with Crippen LogP contribution in [0.4, 0.5) is 0 Å². The van der Waals surface area contributed by atoms with Crippen molar-refractivity contribution in [1.29, 1.82) is 0 Å². The molecule has 0 unspecified atom stereocenters. The van der Waals surface area contributed by atoms with Gasteiger partial charge in [-0.15, -0.1) is 0 Å². The van der Waals surface area contributed by atoms with Crippen LogP contribution < -0.4 is 5.43 Å². The molecule has 0 aliphatic carbocycles. The molecule has 0 amide bonds. The van der Waals surface area contributed by atoms with E-state index in [1.165, 1.54) is 18.4 Å². The standard InChI is InChI=1S/C19H28N2O/c1-5-8-11-21(7-3)13-17-14(4)20-18-10-9-15(6-2)12-16(18)19(17)22/h9-10,12H,5-8,11,13H2,1-4H3,(H,20,22). The summed E-state index contributed by atoms with van der Waals surface area (Å²) < 4.78 is 0. The highest BCUT2D eigenvalue weighted by Crippen LogP contribution is 2.15. The maximum atomic E-state index is 12.9. The summed E-state index contributed by atoms with van der Waals surface area (Å²) in [7, 11) is 0. The summed E-state index contributed by atoms with van der Waals surface area (Å²) in [6.45, 7) is 11.3. The first-order chi connectivity index (χ1) is 10.6. The number of pyridine rings is 1. The van der Waals surface area contributed by atoms with Crippen LogP contribution in [0.1, 0.15) is 50.4 Å². The highest BCUT2D eigenvalue weighted by Gasteiger charge is 2.13. The first kappa shape index (κ1) is 16.8. The van der Waals surface area contributed by atoms with Crippen molar-refractivity contribution in [2.75, 3.05) is 13.1 Å². The fourth-order valence-electron chi connectivity index (χ4n) is 2.86. The van der Waals surface area contributed by atoms with E-state index in [4.69, 9.17) is 0 Å². The Hall–Kier alpha value is -1.61. The number of unbranched alkanes of at least 4 members (excludes halogenated alkanes) is 1. The lowest BCUT2D eigenvalue weighted by atomic mass is 10.0. The van der Waals surface area contributed by atoms with E-state index in [1.54, 1.807) is 0 Å². The van der Waals surface area contributed by atoms with E-state index in [1.807, 2.05) is 19.1 Å². The number of aromatic nitrogens is 1. The first-order valence-corrected chi connectivity index (χ1v) is 8.47. The topological polar surface area (TPSA) is 36.1 Å². The molecular weight excluding hydrogens is 272 g/mol. The van der Waals surface area contributed by atoms with Crippen LogP contribution in [-0.2, 0) is 13.0 Å². The van der Waals surface area contributed by atoms with Gasteiger partial charge in [0.25, 0.3) is 0 Å². The van der Waals surface area contributed by atoms with E-state index in [2.05, 4.69) is 36.7 Å². The van der Waals surface area contributed by atoms with Gasteiger partial charge in [-0.05, 0) is 50.6 Å². The van der Waals surface area contributed by atoms with E-state index in [-0.39, 0.29) is 5.43 Å². The number of nitrogens with one attached hydrogen (secondary N) is 1. The van der Waals surface area contributed by atoms with Gasteiger partial charge in [0, 0.05) is 28.7 Å². The molecule has 0 bridgehead atoms. The molecule has 0 radical (unpaired) electrons. The van der Waals surface area contributed by atoms with Crippen LogP contribution in [-0.4, -0.2) is 23.0 Å². The molecule has 0 fully saturated rings. The molecule has 0 aliphatic heterocycles. The van der Waals surface area contributed by atoms with Crippen LogP contribution in [0.2, 0.25) is 0 Å². The van der Waals surface area contributed by atoms with Gasteiger partial charge in [0.05, 0.1) is 0 Å². The Kier molecular flexibility index (Phi) is 5.78. The Morgan fingerprint density at radius 1 is 1.18 bits per heavy atom. The first-order valence-electron chi connectivity index (χ1n) is 8.47. The summed E-state index contributed by atoms with van der Waals surface area (Å²) in [5.74, 6) is 0. The summed E-state index contributed by atoms with van der Waals surface area (Å²) in [6, 6.07) is 6.16. The number of aryl methyl sites for hydroxylation is 2. The monoisotopic (exact) mass is 300 g/mol. The Morgan fingerprint density at radius 3 is 2.59 bits per heavy atom. The molecule has 3 heteroatoms. The highest BCUT2D eigenvalue weighted by molar-refractivity contribution is 5.80. The average molecular weight is 300 g/mol. The minimum absolute atomic E-state index is 0.191. The molecule has 2 rings (SSSR count). The number of H-pyrrole nitrogens is 1. The maximum Gasteiger partial charge on any atom is 0.194 e. The van der Waals surface area contributed by atoms with E-state index in [9.17, 15) is 4.79 Å². The Bertz CT molecular complexity index is 688. The molecule has 2 aromatic rings. The second-order valence-electron chi connectivity index (χ2n) is 6.01. The van der Waals surface area contributed by atoms with Crippen LogP contribution in [0.25, 0.3) is 10.9 Å². The molecule has 1 aromatic carbocycles. The van der Waals surface area contributed by atoms with Crippen LogP contribution in [0.3, 0.4) is 0 Å². The number of hydrogen-bond donors (Lipinski definition) is 1. The third-order valence-electron chi connectivity index (χ3n) is 4.44. The van der Waals surface area contributed by atoms with Gasteiger partial charge in [-0.25, -0.2) is 0 Å². The Morgan fingerprint density at radius 2 is 1.95 bits per heavy atom. The van der Waals surface area contributed by atoms with Crippen LogP contribution in [0.5, 0.6) is 0 Å². The minimum atomic E-state index is 0.191. The zero-order chi connectivity index (χ0) is 16.1. The Balaban J connectivity index is 2.42. The van der Waals surface area contributed by atoms with Crippen molar-refractivity contribution in [3.05, 3.63) is 45.2 Å². The average Bonchev–Trinajstić information content (AvgIpc) is 2.54. The quantitative estimate of drug-likeness (QED) is 0.838. The molecule has 120 valence electrons. The van der Waals surface area contributed by atoms with Gasteiger partial charge in [0.15, 0.2) is 5.43 Å². The molecule has 22 heavy (non-hydrogen) atoms. The number of aromatic amines is 1. The molecule has 0 atom stereocenters. The fourth-order valence-corrected chi connectivity index (χ4v) is 2.86. The molecule has 1 aromatic heterocycles. The van der Waals surface area contributed by atoms with Crippen molar-refractivity contribution >= 4 is 10.9 Å². The van der Waals surface area contributed by atoms with E-state index in [0.29, 0.717) is 0 Å². The molecule has 0 saturated heterocycles. The maximum absolute atomic E-state index is 12.9. The second kappa shape index (κ2) is 7.59. The van der Waals surface area contributed by atoms with Gasteiger partial charge in [0.1, 0.15) is 0 Å². The second-order valence-corrected chi connectivity index (χ2v) is 6.01. The summed E-state index contributed by atoms with van der Waals surface area (Å²) in [5, 5.41) is 0.825. The van der Waals surface area contributed by atoms with Gasteiger partial charge in [-0.1, -0.05) is 33.3 Å². The number of nitrogens with zero attached hydrogens (tertiary/aromatic N) is 1. The van der Waals surface area contributed by atoms with E-state index in [0.717, 1.165) is 48.2 Å². The molecular formula is C19H28N2O. The predicted molar refractivity (Wildman–Crippen MR) is 94.5 cm³/mol. The number of fused-ring (bicyclic) bond motifs is 1. The third-order valence-corrected chi connectivity index (χ3v) is 4.44. The van der Waals surface area contributed by atoms with Crippen LogP contribution in [0.15, 0.2) is 23.0 Å². The molecule has 0 saturated carbocycles. The van der Waals surface area contributed by atoms with Crippen molar-refractivity contribution in [3.8, 4) is 0 Å². The normalized spacial score (nSPS) is 11.5. The zero-order valence-electron chi connectivity index (χ0n) is 14.3. The van der Waals surface area contributed by atoms with Crippen molar-refractivity contribution < 1.29 is 0 Å². The largest absolute Gasteiger partial charge is 0.358 e. The molecule has 1 N–H and O–H groups in total. The van der Waals surface area contributed by atoms with Crippen molar-refractivity contribution in [2.24, 2.45) is 0 Å². The van der Waals surface area contributed by atoms with Gasteiger partial charge < -0.3 is 4.98 Å². The molecule has 1 heterocycles. The zero-order valence-corrected chi connectivity index (χ0v) is 14.3. The molecule has 0 aliphatic rings. The number of hydrogen-bond acceptors (Lipinski definition) is 2. The van der Waals surface area contributed by atoms with Crippen LogP contribution >= 0.6 is 0 Å². The van der Waals surface area contributed by atoms with E-state index >= 15 is 0 Å². The van der Waals surface area contributed by atoms with Crippen LogP contribution in [0, 0.1) is 6.92 Å². The summed E-state index contributed by atoms with van der Waals surface area (Å²) >= 11 is 0. The fraction of sp³-hybridized carbons (Fsp3) is 0.526. The predicted octanol–water partition coefficient (Wildman–Crippen LogP) is 4.02. The minimum Gasteiger partial charge on any atom is -0.358 e. The van der Waals surface area contributed by atoms with Gasteiger partial charge in [0.2, 0.25) is 0 Å². The lowest BCUT2D eigenvalue weighted by Crippen LogP contribution is -2.28. The molecule has 3 nitrogen and oxygen atoms in total. The van der Waals surface area contributed by atoms with Crippen molar-refractivity contribution in [3.63, 3.8) is 0 Å². The molecule has 0 spiro atoms. The lowest BCUT2D eigenvalue weighted by Gasteiger charge is -2.21. The summed E-state index contributed by atoms with van der Waals surface area (Å²) in [6.07, 6.45) is 3.32. The Labute approximate surface area is 133 Å². The summed E-state index contributed by atoms with van der Waals surface area (Å²) in [4.78, 5) is 18.7. The van der Waals surface area contributed by atoms with E-state index < -0.39 is 0 Å². The highest BCUT2D eigenvalue weighted by atomic mass is 16.1. The smallest absolute Gasteiger partial charge is 0.194 e. The SMILES string of the molecule is CCCCN(CC)Cc1c(C)[nH]c2ccc(CC)cc2c1=O. The lowest BCUT2D eigenvalue weighted by molar-refractivity contribution is 0.274. The van der Waals surface area contributed by atoms with Gasteiger partial charge in [-0.3, -0.25) is 9.69 Å². The number of rotatable bonds is 7. The van der Waals surface area contributed by atoms with Gasteiger partial charge >= 0.3 is 0 Å².